The minimum atomic E-state index is 0.311. The topological polar surface area (TPSA) is 48.1 Å². The molecule has 0 aliphatic rings. The summed E-state index contributed by atoms with van der Waals surface area (Å²) in [6.07, 6.45) is 3.59. The summed E-state index contributed by atoms with van der Waals surface area (Å²) in [5.41, 5.74) is 7.62. The Morgan fingerprint density at radius 1 is 1.16 bits per heavy atom. The number of ether oxygens (including phenoxy) is 1. The summed E-state index contributed by atoms with van der Waals surface area (Å²) in [5.74, 6) is 0.517. The van der Waals surface area contributed by atoms with Gasteiger partial charge in [-0.1, -0.05) is 42.5 Å². The van der Waals surface area contributed by atoms with Gasteiger partial charge in [0, 0.05) is 6.20 Å². The summed E-state index contributed by atoms with van der Waals surface area (Å²) in [6, 6.07) is 13.9. The van der Waals surface area contributed by atoms with E-state index in [-0.39, 0.29) is 0 Å². The molecular formula is C15H16N2OS. The van der Waals surface area contributed by atoms with Crippen molar-refractivity contribution in [3.05, 3.63) is 59.8 Å². The molecule has 0 bridgehead atoms. The lowest BCUT2D eigenvalue weighted by atomic mass is 10.1. The number of nitrogens with two attached hydrogens (primary N) is 1. The van der Waals surface area contributed by atoms with E-state index in [0.717, 1.165) is 12.8 Å². The van der Waals surface area contributed by atoms with Crippen LogP contribution in [-0.4, -0.2) is 16.6 Å². The summed E-state index contributed by atoms with van der Waals surface area (Å²) < 4.78 is 5.64. The van der Waals surface area contributed by atoms with E-state index in [0.29, 0.717) is 23.0 Å². The first-order chi connectivity index (χ1) is 9.27. The molecule has 1 aromatic carbocycles. The van der Waals surface area contributed by atoms with Crippen LogP contribution in [0.3, 0.4) is 0 Å². The highest BCUT2D eigenvalue weighted by atomic mass is 32.1. The fourth-order valence-corrected chi connectivity index (χ4v) is 1.94. The van der Waals surface area contributed by atoms with Gasteiger partial charge in [0.1, 0.15) is 4.99 Å². The molecule has 98 valence electrons. The normalized spacial score (nSPS) is 10.1. The molecule has 0 radical (unpaired) electrons. The van der Waals surface area contributed by atoms with Crippen LogP contribution >= 0.6 is 12.2 Å². The van der Waals surface area contributed by atoms with Gasteiger partial charge in [-0.2, -0.15) is 0 Å². The molecule has 0 unspecified atom stereocenters. The maximum absolute atomic E-state index is 5.64. The van der Waals surface area contributed by atoms with Crippen molar-refractivity contribution in [2.24, 2.45) is 5.73 Å². The molecule has 2 rings (SSSR count). The summed E-state index contributed by atoms with van der Waals surface area (Å²) in [5, 5.41) is 0. The molecule has 2 aromatic rings. The third-order valence-electron chi connectivity index (χ3n) is 2.73. The van der Waals surface area contributed by atoms with Crippen LogP contribution in [0.1, 0.15) is 17.5 Å². The lowest BCUT2D eigenvalue weighted by Gasteiger charge is -2.09. The predicted molar refractivity (Wildman–Crippen MR) is 80.4 cm³/mol. The zero-order valence-corrected chi connectivity index (χ0v) is 11.4. The summed E-state index contributed by atoms with van der Waals surface area (Å²) in [6.45, 7) is 0.599. The molecule has 3 nitrogen and oxygen atoms in total. The molecule has 0 fully saturated rings. The molecule has 0 atom stereocenters. The highest BCUT2D eigenvalue weighted by molar-refractivity contribution is 7.80. The first-order valence-electron chi connectivity index (χ1n) is 6.19. The number of benzene rings is 1. The Kier molecular flexibility index (Phi) is 4.86. The minimum absolute atomic E-state index is 0.311. The second kappa shape index (κ2) is 6.85. The van der Waals surface area contributed by atoms with Crippen LogP contribution in [0.2, 0.25) is 0 Å². The number of hydrogen-bond acceptors (Lipinski definition) is 3. The Morgan fingerprint density at radius 2 is 1.95 bits per heavy atom. The van der Waals surface area contributed by atoms with E-state index in [9.17, 15) is 0 Å². The number of nitrogens with zero attached hydrogens (tertiary/aromatic N) is 1. The van der Waals surface area contributed by atoms with Gasteiger partial charge in [-0.15, -0.1) is 0 Å². The smallest absolute Gasteiger partial charge is 0.223 e. The molecule has 4 heteroatoms. The molecule has 1 heterocycles. The van der Waals surface area contributed by atoms with Gasteiger partial charge in [0.15, 0.2) is 0 Å². The molecule has 0 aliphatic carbocycles. The lowest BCUT2D eigenvalue weighted by molar-refractivity contribution is 0.299. The fraction of sp³-hybridized carbons (Fsp3) is 0.200. The second-order valence-electron chi connectivity index (χ2n) is 4.16. The highest BCUT2D eigenvalue weighted by Gasteiger charge is 2.06. The van der Waals surface area contributed by atoms with E-state index in [1.165, 1.54) is 5.56 Å². The van der Waals surface area contributed by atoms with Crippen molar-refractivity contribution in [3.8, 4) is 5.88 Å². The summed E-state index contributed by atoms with van der Waals surface area (Å²) >= 11 is 4.96. The highest BCUT2D eigenvalue weighted by Crippen LogP contribution is 2.14. The van der Waals surface area contributed by atoms with E-state index in [1.807, 2.05) is 24.3 Å². The van der Waals surface area contributed by atoms with Crippen LogP contribution < -0.4 is 10.5 Å². The second-order valence-corrected chi connectivity index (χ2v) is 4.60. The standard InChI is InChI=1S/C15H16N2OS/c16-14(19)13-9-4-10-17-15(13)18-11-5-8-12-6-2-1-3-7-12/h1-4,6-7,9-10H,5,8,11H2,(H2,16,19). The number of aromatic nitrogens is 1. The van der Waals surface area contributed by atoms with Gasteiger partial charge in [0.05, 0.1) is 12.2 Å². The Balaban J connectivity index is 1.85. The van der Waals surface area contributed by atoms with Crippen molar-refractivity contribution in [1.82, 2.24) is 4.98 Å². The molecule has 0 saturated heterocycles. The van der Waals surface area contributed by atoms with Gasteiger partial charge in [-0.05, 0) is 30.5 Å². The maximum Gasteiger partial charge on any atom is 0.223 e. The first-order valence-corrected chi connectivity index (χ1v) is 6.60. The van der Waals surface area contributed by atoms with Gasteiger partial charge in [0.25, 0.3) is 0 Å². The molecule has 0 spiro atoms. The summed E-state index contributed by atoms with van der Waals surface area (Å²) in [7, 11) is 0. The SMILES string of the molecule is NC(=S)c1cccnc1OCCCc1ccccc1. The van der Waals surface area contributed by atoms with Crippen LogP contribution in [0.25, 0.3) is 0 Å². The van der Waals surface area contributed by atoms with E-state index >= 15 is 0 Å². The number of thiocarbonyl (C=S) groups is 1. The van der Waals surface area contributed by atoms with Crippen molar-refractivity contribution < 1.29 is 4.74 Å². The Labute approximate surface area is 118 Å². The number of aryl methyl sites for hydroxylation is 1. The van der Waals surface area contributed by atoms with Crippen molar-refractivity contribution in [1.29, 1.82) is 0 Å². The van der Waals surface area contributed by atoms with Gasteiger partial charge >= 0.3 is 0 Å². The van der Waals surface area contributed by atoms with Gasteiger partial charge in [0.2, 0.25) is 5.88 Å². The third kappa shape index (κ3) is 4.03. The Bertz CT molecular complexity index is 543. The quantitative estimate of drug-likeness (QED) is 0.649. The average Bonchev–Trinajstić information content (AvgIpc) is 2.45. The molecule has 0 saturated carbocycles. The average molecular weight is 272 g/mol. The van der Waals surface area contributed by atoms with Crippen molar-refractivity contribution >= 4 is 17.2 Å². The van der Waals surface area contributed by atoms with Gasteiger partial charge in [-0.3, -0.25) is 0 Å². The van der Waals surface area contributed by atoms with Crippen LogP contribution in [0, 0.1) is 0 Å². The van der Waals surface area contributed by atoms with Crippen molar-refractivity contribution in [2.75, 3.05) is 6.61 Å². The zero-order chi connectivity index (χ0) is 13.5. The van der Waals surface area contributed by atoms with E-state index in [2.05, 4.69) is 17.1 Å². The van der Waals surface area contributed by atoms with E-state index in [1.54, 1.807) is 12.3 Å². The Morgan fingerprint density at radius 3 is 2.68 bits per heavy atom. The fourth-order valence-electron chi connectivity index (χ4n) is 1.78. The van der Waals surface area contributed by atoms with E-state index in [4.69, 9.17) is 22.7 Å². The predicted octanol–water partition coefficient (Wildman–Crippen LogP) is 2.73. The molecule has 19 heavy (non-hydrogen) atoms. The van der Waals surface area contributed by atoms with Gasteiger partial charge in [-0.25, -0.2) is 4.98 Å². The Hall–Kier alpha value is -1.94. The van der Waals surface area contributed by atoms with Crippen LogP contribution in [0.15, 0.2) is 48.7 Å². The van der Waals surface area contributed by atoms with Crippen molar-refractivity contribution in [3.63, 3.8) is 0 Å². The molecule has 0 aliphatic heterocycles. The first kappa shape index (κ1) is 13.5. The number of hydrogen-bond donors (Lipinski definition) is 1. The number of rotatable bonds is 6. The summed E-state index contributed by atoms with van der Waals surface area (Å²) in [4.78, 5) is 4.47. The molecule has 2 N–H and O–H groups in total. The monoisotopic (exact) mass is 272 g/mol. The maximum atomic E-state index is 5.64. The molecular weight excluding hydrogens is 256 g/mol. The van der Waals surface area contributed by atoms with Gasteiger partial charge < -0.3 is 10.5 Å². The zero-order valence-electron chi connectivity index (χ0n) is 10.6. The lowest BCUT2D eigenvalue weighted by Crippen LogP contribution is -2.13. The molecule has 1 aromatic heterocycles. The molecule has 0 amide bonds. The van der Waals surface area contributed by atoms with E-state index < -0.39 is 0 Å². The van der Waals surface area contributed by atoms with Crippen LogP contribution in [-0.2, 0) is 6.42 Å². The largest absolute Gasteiger partial charge is 0.477 e. The van der Waals surface area contributed by atoms with Crippen LogP contribution in [0.5, 0.6) is 5.88 Å². The van der Waals surface area contributed by atoms with Crippen molar-refractivity contribution in [2.45, 2.75) is 12.8 Å². The number of pyridine rings is 1. The van der Waals surface area contributed by atoms with Crippen LogP contribution in [0.4, 0.5) is 0 Å². The third-order valence-corrected chi connectivity index (χ3v) is 2.95. The minimum Gasteiger partial charge on any atom is -0.477 e.